The molecule has 0 aliphatic rings. The SMILES string of the molecule is Cn1cnc(S(=O)(=O)NCC(C)(C)C(=N)N)c1. The topological polar surface area (TPSA) is 114 Å². The minimum atomic E-state index is -3.64. The molecule has 1 aromatic rings. The number of amidine groups is 1. The van der Waals surface area contributed by atoms with Gasteiger partial charge in [-0.2, -0.15) is 0 Å². The lowest BCUT2D eigenvalue weighted by atomic mass is 9.93. The smallest absolute Gasteiger partial charge is 0.259 e. The van der Waals surface area contributed by atoms with Crippen molar-refractivity contribution >= 4 is 15.9 Å². The number of hydrogen-bond acceptors (Lipinski definition) is 4. The Hall–Kier alpha value is -1.41. The van der Waals surface area contributed by atoms with Crippen LogP contribution < -0.4 is 10.5 Å². The summed E-state index contributed by atoms with van der Waals surface area (Å²) in [5.74, 6) is -0.0683. The molecule has 8 heteroatoms. The second kappa shape index (κ2) is 4.46. The molecule has 7 nitrogen and oxygen atoms in total. The first-order valence-corrected chi connectivity index (χ1v) is 6.45. The summed E-state index contributed by atoms with van der Waals surface area (Å²) in [6.07, 6.45) is 2.81. The second-order valence-corrected chi connectivity index (χ2v) is 6.21. The molecular weight excluding hydrogens is 242 g/mol. The fourth-order valence-corrected chi connectivity index (χ4v) is 2.16. The molecule has 0 aliphatic carbocycles. The average Bonchev–Trinajstić information content (AvgIpc) is 2.63. The molecule has 0 fully saturated rings. The summed E-state index contributed by atoms with van der Waals surface area (Å²) in [4.78, 5) is 3.76. The van der Waals surface area contributed by atoms with Gasteiger partial charge in [-0.05, 0) is 0 Å². The van der Waals surface area contributed by atoms with E-state index in [9.17, 15) is 8.42 Å². The number of rotatable bonds is 5. The summed E-state index contributed by atoms with van der Waals surface area (Å²) in [5.41, 5.74) is 4.65. The van der Waals surface area contributed by atoms with E-state index in [1.54, 1.807) is 25.5 Å². The van der Waals surface area contributed by atoms with Gasteiger partial charge in [0.25, 0.3) is 10.0 Å². The number of hydrogen-bond donors (Lipinski definition) is 3. The Morgan fingerprint density at radius 3 is 2.65 bits per heavy atom. The second-order valence-electron chi connectivity index (χ2n) is 4.50. The van der Waals surface area contributed by atoms with Crippen LogP contribution in [-0.2, 0) is 17.1 Å². The minimum Gasteiger partial charge on any atom is -0.387 e. The van der Waals surface area contributed by atoms with Crippen LogP contribution in [0.1, 0.15) is 13.8 Å². The van der Waals surface area contributed by atoms with E-state index in [4.69, 9.17) is 11.1 Å². The van der Waals surface area contributed by atoms with Gasteiger partial charge in [0.1, 0.15) is 0 Å². The Morgan fingerprint density at radius 1 is 1.65 bits per heavy atom. The lowest BCUT2D eigenvalue weighted by Crippen LogP contribution is -2.42. The van der Waals surface area contributed by atoms with Crippen molar-refractivity contribution in [3.63, 3.8) is 0 Å². The van der Waals surface area contributed by atoms with E-state index >= 15 is 0 Å². The number of nitrogens with one attached hydrogen (secondary N) is 2. The summed E-state index contributed by atoms with van der Waals surface area (Å²) < 4.78 is 27.6. The van der Waals surface area contributed by atoms with Gasteiger partial charge in [0, 0.05) is 25.2 Å². The van der Waals surface area contributed by atoms with Gasteiger partial charge in [0.2, 0.25) is 0 Å². The van der Waals surface area contributed by atoms with Crippen LogP contribution in [0.3, 0.4) is 0 Å². The van der Waals surface area contributed by atoms with Gasteiger partial charge < -0.3 is 10.3 Å². The van der Waals surface area contributed by atoms with Crippen LogP contribution in [-0.4, -0.2) is 30.3 Å². The standard InChI is InChI=1S/C9H17N5O2S/c1-9(2,8(10)11)5-13-17(15,16)7-4-14(3)6-12-7/h4,6,13H,5H2,1-3H3,(H3,10,11). The zero-order chi connectivity index (χ0) is 13.3. The van der Waals surface area contributed by atoms with Gasteiger partial charge >= 0.3 is 0 Å². The van der Waals surface area contributed by atoms with Gasteiger partial charge in [0.05, 0.1) is 12.2 Å². The predicted octanol–water partition coefficient (Wildman–Crippen LogP) is -0.339. The number of aryl methyl sites for hydroxylation is 1. The Kier molecular flexibility index (Phi) is 3.58. The Balaban J connectivity index is 2.79. The minimum absolute atomic E-state index is 0.0423. The number of nitrogens with two attached hydrogens (primary N) is 1. The molecule has 0 saturated heterocycles. The predicted molar refractivity (Wildman–Crippen MR) is 64.1 cm³/mol. The van der Waals surface area contributed by atoms with Gasteiger partial charge in [-0.3, -0.25) is 5.41 Å². The molecule has 0 bridgehead atoms. The van der Waals surface area contributed by atoms with Crippen molar-refractivity contribution in [3.8, 4) is 0 Å². The molecule has 0 radical (unpaired) electrons. The molecule has 0 unspecified atom stereocenters. The van der Waals surface area contributed by atoms with Crippen LogP contribution in [0.2, 0.25) is 0 Å². The molecule has 0 amide bonds. The lowest BCUT2D eigenvalue weighted by molar-refractivity contribution is 0.492. The third-order valence-electron chi connectivity index (χ3n) is 2.39. The van der Waals surface area contributed by atoms with Crippen molar-refractivity contribution in [3.05, 3.63) is 12.5 Å². The Bertz CT molecular complexity index is 517. The molecule has 1 rings (SSSR count). The zero-order valence-electron chi connectivity index (χ0n) is 10.1. The fourth-order valence-electron chi connectivity index (χ4n) is 0.972. The molecular formula is C9H17N5O2S. The monoisotopic (exact) mass is 259 g/mol. The van der Waals surface area contributed by atoms with Crippen LogP contribution in [0.25, 0.3) is 0 Å². The van der Waals surface area contributed by atoms with Crippen LogP contribution in [0.4, 0.5) is 0 Å². The van der Waals surface area contributed by atoms with E-state index in [2.05, 4.69) is 9.71 Å². The maximum Gasteiger partial charge on any atom is 0.259 e. The first-order valence-electron chi connectivity index (χ1n) is 4.97. The van der Waals surface area contributed by atoms with E-state index in [1.807, 2.05) is 0 Å². The molecule has 0 aliphatic heterocycles. The first kappa shape index (κ1) is 13.7. The molecule has 1 heterocycles. The highest BCUT2D eigenvalue weighted by Crippen LogP contribution is 2.14. The molecule has 4 N–H and O–H groups in total. The maximum atomic E-state index is 11.8. The normalized spacial score (nSPS) is 12.6. The summed E-state index contributed by atoms with van der Waals surface area (Å²) in [6.45, 7) is 3.44. The van der Waals surface area contributed by atoms with Crippen molar-refractivity contribution in [2.24, 2.45) is 18.2 Å². The van der Waals surface area contributed by atoms with E-state index in [-0.39, 0.29) is 17.4 Å². The van der Waals surface area contributed by atoms with Crippen molar-refractivity contribution in [2.45, 2.75) is 18.9 Å². The van der Waals surface area contributed by atoms with E-state index < -0.39 is 15.4 Å². The summed E-state index contributed by atoms with van der Waals surface area (Å²) in [7, 11) is -1.95. The third-order valence-corrected chi connectivity index (χ3v) is 3.68. The number of nitrogens with zero attached hydrogens (tertiary/aromatic N) is 2. The van der Waals surface area contributed by atoms with Crippen molar-refractivity contribution in [1.82, 2.24) is 14.3 Å². The highest BCUT2D eigenvalue weighted by molar-refractivity contribution is 7.89. The summed E-state index contributed by atoms with van der Waals surface area (Å²) >= 11 is 0. The Labute approximate surface area is 101 Å². The fraction of sp³-hybridized carbons (Fsp3) is 0.556. The van der Waals surface area contributed by atoms with Crippen LogP contribution in [0, 0.1) is 10.8 Å². The van der Waals surface area contributed by atoms with Gasteiger partial charge in [-0.25, -0.2) is 18.1 Å². The van der Waals surface area contributed by atoms with Gasteiger partial charge in [-0.1, -0.05) is 13.8 Å². The van der Waals surface area contributed by atoms with Gasteiger partial charge in [0.15, 0.2) is 5.03 Å². The van der Waals surface area contributed by atoms with Crippen molar-refractivity contribution < 1.29 is 8.42 Å². The molecule has 0 saturated carbocycles. The highest BCUT2D eigenvalue weighted by Gasteiger charge is 2.25. The summed E-state index contributed by atoms with van der Waals surface area (Å²) in [5, 5.41) is 7.29. The van der Waals surface area contributed by atoms with Crippen molar-refractivity contribution in [2.75, 3.05) is 6.54 Å². The maximum absolute atomic E-state index is 11.8. The van der Waals surface area contributed by atoms with E-state index in [0.29, 0.717) is 0 Å². The van der Waals surface area contributed by atoms with Gasteiger partial charge in [-0.15, -0.1) is 0 Å². The molecule has 96 valence electrons. The lowest BCUT2D eigenvalue weighted by Gasteiger charge is -2.22. The largest absolute Gasteiger partial charge is 0.387 e. The van der Waals surface area contributed by atoms with Crippen molar-refractivity contribution in [1.29, 1.82) is 5.41 Å². The summed E-state index contributed by atoms with van der Waals surface area (Å²) in [6, 6.07) is 0. The molecule has 1 aromatic heterocycles. The van der Waals surface area contributed by atoms with E-state index in [0.717, 1.165) is 0 Å². The molecule has 17 heavy (non-hydrogen) atoms. The highest BCUT2D eigenvalue weighted by atomic mass is 32.2. The van der Waals surface area contributed by atoms with Crippen LogP contribution >= 0.6 is 0 Å². The number of sulfonamides is 1. The number of imidazole rings is 1. The third kappa shape index (κ3) is 3.27. The average molecular weight is 259 g/mol. The van der Waals surface area contributed by atoms with Crippen LogP contribution in [0.15, 0.2) is 17.6 Å². The molecule has 0 atom stereocenters. The quantitative estimate of drug-likeness (QED) is 0.495. The van der Waals surface area contributed by atoms with E-state index in [1.165, 1.54) is 12.5 Å². The number of aromatic nitrogens is 2. The first-order chi connectivity index (χ1) is 7.65. The zero-order valence-corrected chi connectivity index (χ0v) is 10.9. The molecule has 0 spiro atoms. The van der Waals surface area contributed by atoms with Crippen LogP contribution in [0.5, 0.6) is 0 Å². The molecule has 0 aromatic carbocycles. The Morgan fingerprint density at radius 2 is 2.24 bits per heavy atom.